The van der Waals surface area contributed by atoms with Gasteiger partial charge in [-0.15, -0.1) is 0 Å². The van der Waals surface area contributed by atoms with Crippen LogP contribution in [-0.2, 0) is 9.84 Å². The smallest absolute Gasteiger partial charge is 0.191 e. The zero-order valence-electron chi connectivity index (χ0n) is 15.9. The van der Waals surface area contributed by atoms with Crippen LogP contribution in [0.1, 0.15) is 38.8 Å². The molecule has 1 rings (SSSR count). The molecule has 0 saturated carbocycles. The highest BCUT2D eigenvalue weighted by Crippen LogP contribution is 2.22. The third kappa shape index (κ3) is 8.20. The summed E-state index contributed by atoms with van der Waals surface area (Å²) in [6, 6.07) is 2.49. The molecular weight excluding hydrogens is 356 g/mol. The van der Waals surface area contributed by atoms with E-state index in [4.69, 9.17) is 0 Å². The zero-order chi connectivity index (χ0) is 18.9. The lowest BCUT2D eigenvalue weighted by Gasteiger charge is -2.30. The minimum absolute atomic E-state index is 0.0361. The summed E-state index contributed by atoms with van der Waals surface area (Å²) in [6.45, 7) is 9.02. The Hall–Kier alpha value is -1.12. The fraction of sp³-hybridized carbons (Fsp3) is 0.706. The Balaban J connectivity index is 2.63. The van der Waals surface area contributed by atoms with Gasteiger partial charge in [0.25, 0.3) is 0 Å². The van der Waals surface area contributed by atoms with E-state index >= 15 is 0 Å². The largest absolute Gasteiger partial charge is 0.354 e. The van der Waals surface area contributed by atoms with Crippen LogP contribution >= 0.6 is 11.3 Å². The van der Waals surface area contributed by atoms with Crippen molar-refractivity contribution in [2.75, 3.05) is 38.7 Å². The predicted molar refractivity (Wildman–Crippen MR) is 108 cm³/mol. The summed E-state index contributed by atoms with van der Waals surface area (Å²) < 4.78 is 22.6. The van der Waals surface area contributed by atoms with Gasteiger partial charge in [-0.2, -0.15) is 11.3 Å². The highest BCUT2D eigenvalue weighted by Gasteiger charge is 2.19. The van der Waals surface area contributed by atoms with E-state index in [1.54, 1.807) is 18.4 Å². The van der Waals surface area contributed by atoms with Gasteiger partial charge in [-0.1, -0.05) is 13.8 Å². The van der Waals surface area contributed by atoms with Crippen molar-refractivity contribution < 1.29 is 8.42 Å². The number of hydrogen-bond acceptors (Lipinski definition) is 5. The van der Waals surface area contributed by atoms with Gasteiger partial charge in [0.05, 0.1) is 11.8 Å². The van der Waals surface area contributed by atoms with Crippen molar-refractivity contribution in [3.8, 4) is 0 Å². The quantitative estimate of drug-likeness (QED) is 0.474. The van der Waals surface area contributed by atoms with Crippen LogP contribution in [0.2, 0.25) is 0 Å². The van der Waals surface area contributed by atoms with Crippen molar-refractivity contribution in [3.05, 3.63) is 22.4 Å². The monoisotopic (exact) mass is 388 g/mol. The van der Waals surface area contributed by atoms with Crippen LogP contribution in [-0.4, -0.2) is 64.0 Å². The fourth-order valence-electron chi connectivity index (χ4n) is 2.67. The number of sulfone groups is 1. The summed E-state index contributed by atoms with van der Waals surface area (Å²) in [6.07, 6.45) is 1.83. The third-order valence-electron chi connectivity index (χ3n) is 4.17. The van der Waals surface area contributed by atoms with E-state index in [1.807, 2.05) is 6.92 Å². The molecule has 0 bridgehead atoms. The lowest BCUT2D eigenvalue weighted by atomic mass is 10.1. The maximum Gasteiger partial charge on any atom is 0.191 e. The zero-order valence-corrected chi connectivity index (χ0v) is 17.6. The molecule has 1 aromatic rings. The fourth-order valence-corrected chi connectivity index (χ4v) is 4.16. The molecule has 2 atom stereocenters. The molecule has 0 saturated heterocycles. The second-order valence-electron chi connectivity index (χ2n) is 6.21. The van der Waals surface area contributed by atoms with E-state index in [9.17, 15) is 8.42 Å². The number of rotatable bonds is 10. The van der Waals surface area contributed by atoms with Crippen LogP contribution in [0.3, 0.4) is 0 Å². The van der Waals surface area contributed by atoms with Crippen molar-refractivity contribution in [1.82, 2.24) is 15.5 Å². The summed E-state index contributed by atoms with van der Waals surface area (Å²) in [5.74, 6) is 0.878. The topological polar surface area (TPSA) is 73.8 Å². The molecular formula is C17H32N4O2S2. The molecule has 1 heterocycles. The average Bonchev–Trinajstić information content (AvgIpc) is 3.09. The van der Waals surface area contributed by atoms with Crippen LogP contribution in [0.25, 0.3) is 0 Å². The molecule has 8 heteroatoms. The normalized spacial score (nSPS) is 15.2. The van der Waals surface area contributed by atoms with E-state index in [0.29, 0.717) is 12.4 Å². The first kappa shape index (κ1) is 21.9. The molecule has 144 valence electrons. The second-order valence-corrected chi connectivity index (χ2v) is 9.25. The van der Waals surface area contributed by atoms with E-state index in [0.717, 1.165) is 19.6 Å². The van der Waals surface area contributed by atoms with Gasteiger partial charge in [0, 0.05) is 25.9 Å². The van der Waals surface area contributed by atoms with Gasteiger partial charge in [0.2, 0.25) is 0 Å². The Bertz CT molecular complexity index is 611. The maximum atomic E-state index is 11.3. The first-order chi connectivity index (χ1) is 11.8. The summed E-state index contributed by atoms with van der Waals surface area (Å²) in [5, 5.41) is 11.0. The van der Waals surface area contributed by atoms with Gasteiger partial charge >= 0.3 is 0 Å². The minimum Gasteiger partial charge on any atom is -0.354 e. The van der Waals surface area contributed by atoms with E-state index in [2.05, 4.69) is 51.2 Å². The van der Waals surface area contributed by atoms with Crippen molar-refractivity contribution in [2.24, 2.45) is 4.99 Å². The van der Waals surface area contributed by atoms with E-state index in [1.165, 1.54) is 11.8 Å². The number of hydrogen-bond donors (Lipinski definition) is 2. The first-order valence-corrected chi connectivity index (χ1v) is 11.7. The summed E-state index contributed by atoms with van der Waals surface area (Å²) in [5.41, 5.74) is 1.31. The van der Waals surface area contributed by atoms with Crippen LogP contribution in [0, 0.1) is 0 Å². The Morgan fingerprint density at radius 3 is 2.52 bits per heavy atom. The average molecular weight is 389 g/mol. The van der Waals surface area contributed by atoms with E-state index < -0.39 is 9.84 Å². The molecule has 0 aromatic carbocycles. The second kappa shape index (κ2) is 10.8. The minimum atomic E-state index is -2.94. The van der Waals surface area contributed by atoms with Crippen LogP contribution in [0.5, 0.6) is 0 Å². The molecule has 0 radical (unpaired) electrons. The SMILES string of the molecule is CCN(CC)C(CNC(=NC)NC(C)CCS(C)(=O)=O)c1ccsc1. The molecule has 2 unspecified atom stereocenters. The van der Waals surface area contributed by atoms with Gasteiger partial charge in [0.15, 0.2) is 5.96 Å². The highest BCUT2D eigenvalue weighted by molar-refractivity contribution is 7.90. The molecule has 1 aromatic heterocycles. The number of thiophene rings is 1. The van der Waals surface area contributed by atoms with Gasteiger partial charge in [-0.05, 0) is 48.8 Å². The van der Waals surface area contributed by atoms with Crippen molar-refractivity contribution in [1.29, 1.82) is 0 Å². The van der Waals surface area contributed by atoms with Crippen LogP contribution < -0.4 is 10.6 Å². The number of aliphatic imine (C=N–C) groups is 1. The molecule has 0 amide bonds. The molecule has 0 aliphatic carbocycles. The van der Waals surface area contributed by atoms with Gasteiger partial charge in [-0.3, -0.25) is 9.89 Å². The predicted octanol–water partition coefficient (Wildman–Crippen LogP) is 2.12. The molecule has 0 spiro atoms. The van der Waals surface area contributed by atoms with E-state index in [-0.39, 0.29) is 17.8 Å². The van der Waals surface area contributed by atoms with Crippen LogP contribution in [0.4, 0.5) is 0 Å². The maximum absolute atomic E-state index is 11.3. The summed E-state index contributed by atoms with van der Waals surface area (Å²) in [4.78, 5) is 6.68. The Morgan fingerprint density at radius 1 is 1.36 bits per heavy atom. The first-order valence-electron chi connectivity index (χ1n) is 8.71. The van der Waals surface area contributed by atoms with Crippen molar-refractivity contribution >= 4 is 27.1 Å². The number of likely N-dealkylation sites (N-methyl/N-ethyl adjacent to an activating group) is 1. The molecule has 6 nitrogen and oxygen atoms in total. The molecule has 25 heavy (non-hydrogen) atoms. The van der Waals surface area contributed by atoms with Gasteiger partial charge in [-0.25, -0.2) is 8.42 Å². The van der Waals surface area contributed by atoms with Crippen LogP contribution in [0.15, 0.2) is 21.8 Å². The molecule has 0 aliphatic heterocycles. The number of nitrogens with zero attached hydrogens (tertiary/aromatic N) is 2. The highest BCUT2D eigenvalue weighted by atomic mass is 32.2. The Labute approximate surface area is 156 Å². The van der Waals surface area contributed by atoms with Crippen molar-refractivity contribution in [3.63, 3.8) is 0 Å². The molecule has 0 aliphatic rings. The number of guanidine groups is 1. The van der Waals surface area contributed by atoms with Crippen molar-refractivity contribution in [2.45, 2.75) is 39.3 Å². The summed E-state index contributed by atoms with van der Waals surface area (Å²) in [7, 11) is -1.21. The molecule has 2 N–H and O–H groups in total. The number of nitrogens with one attached hydrogen (secondary N) is 2. The Morgan fingerprint density at radius 2 is 2.04 bits per heavy atom. The Kier molecular flexibility index (Phi) is 9.45. The van der Waals surface area contributed by atoms with Gasteiger partial charge < -0.3 is 10.6 Å². The lowest BCUT2D eigenvalue weighted by molar-refractivity contribution is 0.219. The summed E-state index contributed by atoms with van der Waals surface area (Å²) >= 11 is 1.71. The lowest BCUT2D eigenvalue weighted by Crippen LogP contribution is -2.46. The third-order valence-corrected chi connectivity index (χ3v) is 5.85. The standard InChI is InChI=1S/C17H32N4O2S2/c1-6-21(7-2)16(15-8-10-24-13-15)12-19-17(18-4)20-14(3)9-11-25(5,22)23/h8,10,13-14,16H,6-7,9,11-12H2,1-5H3,(H2,18,19,20). The van der Waals surface area contributed by atoms with Gasteiger partial charge in [0.1, 0.15) is 9.84 Å². The molecule has 0 fully saturated rings.